The van der Waals surface area contributed by atoms with E-state index in [0.29, 0.717) is 18.6 Å². The minimum Gasteiger partial charge on any atom is -0.299 e. The van der Waals surface area contributed by atoms with Crippen LogP contribution in [0.15, 0.2) is 84.2 Å². The molecule has 7 heteroatoms. The molecule has 0 N–H and O–H groups in total. The lowest BCUT2D eigenvalue weighted by Gasteiger charge is -2.31. The number of Topliss-reactive ketones (excluding diaryl/α,β-unsaturated/α-hetero) is 1. The number of carbonyl (C=O) groups excluding carboxylic acids is 1. The highest BCUT2D eigenvalue weighted by Gasteiger charge is 2.45. The molecule has 0 unspecified atom stereocenters. The van der Waals surface area contributed by atoms with Crippen LogP contribution >= 0.6 is 0 Å². The third-order valence-electron chi connectivity index (χ3n) is 9.76. The summed E-state index contributed by atoms with van der Waals surface area (Å²) in [5, 5.41) is 8.92. The predicted molar refractivity (Wildman–Crippen MR) is 168 cm³/mol. The van der Waals surface area contributed by atoms with Gasteiger partial charge in [0.15, 0.2) is 0 Å². The third-order valence-corrected chi connectivity index (χ3v) is 9.76. The van der Waals surface area contributed by atoms with Crippen LogP contribution in [0.1, 0.15) is 70.9 Å². The van der Waals surface area contributed by atoms with Gasteiger partial charge in [0, 0.05) is 13.3 Å². The Morgan fingerprint density at radius 2 is 1.16 bits per heavy atom. The van der Waals surface area contributed by atoms with Crippen molar-refractivity contribution in [2.24, 2.45) is 10.8 Å². The Morgan fingerprint density at radius 1 is 0.721 bits per heavy atom. The van der Waals surface area contributed by atoms with Crippen LogP contribution in [0.2, 0.25) is 0 Å². The lowest BCUT2D eigenvalue weighted by Crippen LogP contribution is -2.28. The van der Waals surface area contributed by atoms with E-state index in [1.165, 1.54) is 46.5 Å². The summed E-state index contributed by atoms with van der Waals surface area (Å²) in [6.45, 7) is 8.57. The first-order chi connectivity index (χ1) is 20.2. The van der Waals surface area contributed by atoms with Gasteiger partial charge >= 0.3 is 0 Å². The molecule has 4 aromatic rings. The molecule has 43 heavy (non-hydrogen) atoms. The van der Waals surface area contributed by atoms with Crippen molar-refractivity contribution >= 4 is 17.9 Å². The van der Waals surface area contributed by atoms with Gasteiger partial charge in [0.2, 0.25) is 0 Å². The van der Waals surface area contributed by atoms with Gasteiger partial charge in [-0.15, -0.1) is 0 Å². The van der Waals surface area contributed by atoms with Crippen molar-refractivity contribution in [3.63, 3.8) is 0 Å². The van der Waals surface area contributed by atoms with E-state index < -0.39 is 0 Å². The van der Waals surface area contributed by atoms with Crippen molar-refractivity contribution < 1.29 is 15.0 Å². The molecule has 0 aliphatic heterocycles. The molecular weight excluding hydrogens is 542 g/mol. The molecule has 0 amide bonds. The lowest BCUT2D eigenvalue weighted by molar-refractivity contribution is -0.123. The Labute approximate surface area is 252 Å². The van der Waals surface area contributed by atoms with E-state index in [2.05, 4.69) is 35.9 Å². The van der Waals surface area contributed by atoms with Gasteiger partial charge in [-0.3, -0.25) is 4.79 Å². The first-order valence-electron chi connectivity index (χ1n) is 14.4. The molecule has 2 atom stereocenters. The van der Waals surface area contributed by atoms with Gasteiger partial charge in [-0.2, -0.15) is 10.2 Å². The Morgan fingerprint density at radius 3 is 1.67 bits per heavy atom. The molecule has 2 saturated carbocycles. The van der Waals surface area contributed by atoms with E-state index in [4.69, 9.17) is 0 Å². The third kappa shape index (κ3) is 4.62. The van der Waals surface area contributed by atoms with Gasteiger partial charge < -0.3 is 0 Å². The summed E-state index contributed by atoms with van der Waals surface area (Å²) in [5.74, 6) is -0.154. The maximum Gasteiger partial charge on any atom is 0.143 e. The molecule has 0 radical (unpaired) electrons. The number of ketones is 1. The Kier molecular flexibility index (Phi) is 6.95. The van der Waals surface area contributed by atoms with Crippen LogP contribution < -0.4 is 0 Å². The number of fused-ring (bicyclic) bond motifs is 4. The van der Waals surface area contributed by atoms with Crippen LogP contribution in [-0.4, -0.2) is 25.3 Å². The fourth-order valence-corrected chi connectivity index (χ4v) is 6.99. The van der Waals surface area contributed by atoms with E-state index in [1.807, 2.05) is 28.7 Å². The molecule has 222 valence electrons. The minimum atomic E-state index is -0.344. The number of hydrogen-bond donors (Lipinski definition) is 0. The molecule has 2 fully saturated rings. The minimum absolute atomic E-state index is 0. The number of nitrogens with zero attached hydrogens (tertiary/aromatic N) is 4. The SMILES string of the molecule is C.C=C1CCC2=Cc3c(cnn3-c3ccc(F)cc3)C[C@]12C.C[C@]12Cc3cnn(-c4ccc(F)cc4)c3C=C1CCC2=O.[2HH]. The van der Waals surface area contributed by atoms with Crippen LogP contribution in [0.25, 0.3) is 23.5 Å². The molecule has 0 bridgehead atoms. The Bertz CT molecular complexity index is 1680. The highest BCUT2D eigenvalue weighted by molar-refractivity contribution is 5.94. The average molecular weight is 582 g/mol. The zero-order valence-corrected chi connectivity index (χ0v) is 23.8. The molecule has 2 aromatic carbocycles. The van der Waals surface area contributed by atoms with Crippen LogP contribution in [0.4, 0.5) is 8.78 Å². The number of benzene rings is 2. The lowest BCUT2D eigenvalue weighted by atomic mass is 9.73. The monoisotopic (exact) mass is 581 g/mol. The Balaban J connectivity index is 0.000000167. The normalized spacial score (nSPS) is 23.2. The summed E-state index contributed by atoms with van der Waals surface area (Å²) in [4.78, 5) is 12.1. The standard InChI is InChI=1S/C18H17FN2.C17H15FN2O.CH4.H2/c1-12-3-4-14-9-17-13(10-18(12,14)2)11-20-21(17)16-7-5-15(19)6-8-16;1-17-9-11-10-19-20(14-5-3-13(18)4-6-14)15(11)8-12(17)2-7-16(17)21;;/h5-9,11H,1,3-4,10H2,2H3;3-6,8,10H,2,7,9H2,1H3;1H4;1H/t18-;17-;;/m10../s1/i;;;1+1. The highest BCUT2D eigenvalue weighted by atomic mass is 19.1. The van der Waals surface area contributed by atoms with Gasteiger partial charge in [-0.25, -0.2) is 18.1 Å². The van der Waals surface area contributed by atoms with Crippen molar-refractivity contribution in [3.8, 4) is 11.4 Å². The van der Waals surface area contributed by atoms with Crippen LogP contribution in [0, 0.1) is 22.5 Å². The number of rotatable bonds is 2. The molecule has 4 aliphatic carbocycles. The van der Waals surface area contributed by atoms with Gasteiger partial charge in [-0.05, 0) is 111 Å². The molecule has 4 aliphatic rings. The summed E-state index contributed by atoms with van der Waals surface area (Å²) in [6, 6.07) is 12.8. The number of carbonyl (C=O) groups is 1. The summed E-state index contributed by atoms with van der Waals surface area (Å²) < 4.78 is 29.9. The van der Waals surface area contributed by atoms with Gasteiger partial charge in [0.05, 0.1) is 40.6 Å². The topological polar surface area (TPSA) is 52.7 Å². The molecule has 2 heterocycles. The number of hydrogen-bond acceptors (Lipinski definition) is 3. The second kappa shape index (κ2) is 10.4. The summed E-state index contributed by atoms with van der Waals surface area (Å²) in [6.07, 6.45) is 13.4. The molecule has 0 spiro atoms. The average Bonchev–Trinajstić information content (AvgIpc) is 3.72. The largest absolute Gasteiger partial charge is 0.299 e. The van der Waals surface area contributed by atoms with Crippen molar-refractivity contribution in [2.75, 3.05) is 0 Å². The quantitative estimate of drug-likeness (QED) is 0.223. The molecule has 2 aromatic heterocycles. The number of allylic oxidation sites excluding steroid dienone is 3. The maximum absolute atomic E-state index is 13.1. The number of halogens is 2. The van der Waals surface area contributed by atoms with Crippen LogP contribution in [0.3, 0.4) is 0 Å². The fraction of sp³-hybridized carbons (Fsp3) is 0.306. The fourth-order valence-electron chi connectivity index (χ4n) is 6.99. The molecule has 8 rings (SSSR count). The van der Waals surface area contributed by atoms with Crippen molar-refractivity contribution in [1.82, 2.24) is 19.6 Å². The van der Waals surface area contributed by atoms with E-state index in [-0.39, 0.29) is 31.3 Å². The van der Waals surface area contributed by atoms with Crippen molar-refractivity contribution in [3.05, 3.63) is 118 Å². The van der Waals surface area contributed by atoms with E-state index in [0.717, 1.165) is 54.0 Å². The van der Waals surface area contributed by atoms with E-state index in [1.54, 1.807) is 24.3 Å². The van der Waals surface area contributed by atoms with Crippen molar-refractivity contribution in [1.29, 1.82) is 0 Å². The zero-order chi connectivity index (χ0) is 29.2. The van der Waals surface area contributed by atoms with Crippen LogP contribution in [0.5, 0.6) is 0 Å². The second-order valence-electron chi connectivity index (χ2n) is 12.3. The van der Waals surface area contributed by atoms with E-state index in [9.17, 15) is 13.6 Å². The summed E-state index contributed by atoms with van der Waals surface area (Å²) in [5.41, 5.74) is 9.94. The first-order valence-corrected chi connectivity index (χ1v) is 14.4. The number of aromatic nitrogens is 4. The molecule has 5 nitrogen and oxygen atoms in total. The van der Waals surface area contributed by atoms with Gasteiger partial charge in [0.1, 0.15) is 17.4 Å². The van der Waals surface area contributed by atoms with Gasteiger partial charge in [0.25, 0.3) is 0 Å². The van der Waals surface area contributed by atoms with Crippen molar-refractivity contribution in [2.45, 2.75) is 59.8 Å². The zero-order valence-electron chi connectivity index (χ0n) is 23.8. The highest BCUT2D eigenvalue weighted by Crippen LogP contribution is 2.52. The van der Waals surface area contributed by atoms with Gasteiger partial charge in [-0.1, -0.05) is 37.6 Å². The second-order valence-corrected chi connectivity index (χ2v) is 12.3. The van der Waals surface area contributed by atoms with E-state index >= 15 is 0 Å². The van der Waals surface area contributed by atoms with Crippen LogP contribution in [-0.2, 0) is 17.6 Å². The molecule has 0 saturated heterocycles. The summed E-state index contributed by atoms with van der Waals surface area (Å²) >= 11 is 0. The Hall–Kier alpha value is -4.39. The maximum atomic E-state index is 13.1. The molecular formula is C36H38F2N4O. The first kappa shape index (κ1) is 28.7. The smallest absolute Gasteiger partial charge is 0.143 e. The predicted octanol–water partition coefficient (Wildman–Crippen LogP) is 8.51. The summed E-state index contributed by atoms with van der Waals surface area (Å²) in [7, 11) is 0.